The molecule has 1 aliphatic rings. The van der Waals surface area contributed by atoms with Gasteiger partial charge in [0.15, 0.2) is 5.69 Å². The van der Waals surface area contributed by atoms with Crippen LogP contribution < -0.4 is 15.5 Å². The predicted octanol–water partition coefficient (Wildman–Crippen LogP) is 2.29. The lowest BCUT2D eigenvalue weighted by Gasteiger charge is -2.17. The highest BCUT2D eigenvalue weighted by Gasteiger charge is 2.34. The molecule has 0 saturated carbocycles. The SMILES string of the molecule is CCC(C)NC(=O)[C@@H]1CO[C@H](CNc2nc(N(C)C)cc(C(F)(F)F)n2)C1. The molecule has 0 radical (unpaired) electrons. The van der Waals surface area contributed by atoms with Crippen molar-refractivity contribution in [3.05, 3.63) is 11.8 Å². The second-order valence-electron chi connectivity index (χ2n) is 6.91. The van der Waals surface area contributed by atoms with Gasteiger partial charge in [0.1, 0.15) is 5.82 Å². The molecule has 152 valence electrons. The molecule has 10 heteroatoms. The van der Waals surface area contributed by atoms with Gasteiger partial charge in [-0.25, -0.2) is 4.98 Å². The standard InChI is InChI=1S/C17H26F3N5O2/c1-5-10(2)22-15(26)11-6-12(27-9-11)8-21-16-23-13(17(18,19)20)7-14(24-16)25(3)4/h7,10-12H,5-6,8-9H2,1-4H3,(H,22,26)(H,21,23,24)/t10?,11-,12-/m0/s1. The summed E-state index contributed by atoms with van der Waals surface area (Å²) < 4.78 is 44.6. The summed E-state index contributed by atoms with van der Waals surface area (Å²) in [6.07, 6.45) is -3.52. The van der Waals surface area contributed by atoms with E-state index in [2.05, 4.69) is 20.6 Å². The average molecular weight is 389 g/mol. The van der Waals surface area contributed by atoms with Crippen LogP contribution in [-0.2, 0) is 15.7 Å². The van der Waals surface area contributed by atoms with E-state index < -0.39 is 11.9 Å². The van der Waals surface area contributed by atoms with Gasteiger partial charge in [-0.2, -0.15) is 18.2 Å². The number of anilines is 2. The van der Waals surface area contributed by atoms with Crippen molar-refractivity contribution in [2.45, 2.75) is 45.0 Å². The van der Waals surface area contributed by atoms with Gasteiger partial charge in [-0.1, -0.05) is 6.92 Å². The number of amides is 1. The molecule has 1 fully saturated rings. The third-order valence-electron chi connectivity index (χ3n) is 4.40. The second-order valence-corrected chi connectivity index (χ2v) is 6.91. The highest BCUT2D eigenvalue weighted by Crippen LogP contribution is 2.30. The molecule has 1 aromatic heterocycles. The van der Waals surface area contributed by atoms with Crippen LogP contribution in [0.2, 0.25) is 0 Å². The van der Waals surface area contributed by atoms with Gasteiger partial charge in [-0.3, -0.25) is 4.79 Å². The van der Waals surface area contributed by atoms with Crippen LogP contribution in [0, 0.1) is 5.92 Å². The van der Waals surface area contributed by atoms with E-state index in [1.807, 2.05) is 13.8 Å². The number of hydrogen-bond donors (Lipinski definition) is 2. The lowest BCUT2D eigenvalue weighted by atomic mass is 10.0. The lowest BCUT2D eigenvalue weighted by Crippen LogP contribution is -2.37. The molecule has 2 heterocycles. The molecule has 1 aromatic rings. The zero-order valence-electron chi connectivity index (χ0n) is 15.9. The minimum atomic E-state index is -4.56. The first-order valence-electron chi connectivity index (χ1n) is 8.89. The number of hydrogen-bond acceptors (Lipinski definition) is 6. The molecule has 0 spiro atoms. The molecule has 2 N–H and O–H groups in total. The fraction of sp³-hybridized carbons (Fsp3) is 0.706. The summed E-state index contributed by atoms with van der Waals surface area (Å²) in [6, 6.07) is 0.990. The smallest absolute Gasteiger partial charge is 0.376 e. The number of nitrogens with zero attached hydrogens (tertiary/aromatic N) is 3. The Morgan fingerprint density at radius 1 is 1.41 bits per heavy atom. The van der Waals surface area contributed by atoms with Crippen LogP contribution in [0.5, 0.6) is 0 Å². The van der Waals surface area contributed by atoms with E-state index in [9.17, 15) is 18.0 Å². The third-order valence-corrected chi connectivity index (χ3v) is 4.40. The molecule has 1 amide bonds. The Balaban J connectivity index is 1.97. The van der Waals surface area contributed by atoms with Gasteiger partial charge in [-0.05, 0) is 19.8 Å². The Labute approximate surface area is 156 Å². The normalized spacial score (nSPS) is 21.0. The van der Waals surface area contributed by atoms with E-state index in [1.165, 1.54) is 4.90 Å². The predicted molar refractivity (Wildman–Crippen MR) is 95.6 cm³/mol. The van der Waals surface area contributed by atoms with Crippen LogP contribution in [0.25, 0.3) is 0 Å². The average Bonchev–Trinajstić information content (AvgIpc) is 3.08. The van der Waals surface area contributed by atoms with Crippen LogP contribution >= 0.6 is 0 Å². The van der Waals surface area contributed by atoms with Crippen LogP contribution in [0.15, 0.2) is 6.07 Å². The highest BCUT2D eigenvalue weighted by atomic mass is 19.4. The summed E-state index contributed by atoms with van der Waals surface area (Å²) >= 11 is 0. The molecule has 3 atom stereocenters. The fourth-order valence-electron chi connectivity index (χ4n) is 2.59. The Morgan fingerprint density at radius 2 is 2.11 bits per heavy atom. The first kappa shape index (κ1) is 21.2. The summed E-state index contributed by atoms with van der Waals surface area (Å²) in [5.41, 5.74) is -1.01. The van der Waals surface area contributed by atoms with Crippen molar-refractivity contribution in [3.8, 4) is 0 Å². The number of ether oxygens (including phenoxy) is 1. The molecule has 7 nitrogen and oxygen atoms in total. The van der Waals surface area contributed by atoms with E-state index in [0.29, 0.717) is 13.0 Å². The number of aromatic nitrogens is 2. The summed E-state index contributed by atoms with van der Waals surface area (Å²) in [5, 5.41) is 5.72. The summed E-state index contributed by atoms with van der Waals surface area (Å²) in [4.78, 5) is 21.2. The topological polar surface area (TPSA) is 79.4 Å². The molecule has 1 aliphatic heterocycles. The molecule has 1 saturated heterocycles. The Bertz CT molecular complexity index is 654. The minimum absolute atomic E-state index is 0.0583. The summed E-state index contributed by atoms with van der Waals surface area (Å²) in [6.45, 7) is 4.43. The largest absolute Gasteiger partial charge is 0.433 e. The first-order chi connectivity index (χ1) is 12.6. The highest BCUT2D eigenvalue weighted by molar-refractivity contribution is 5.79. The van der Waals surface area contributed by atoms with E-state index in [0.717, 1.165) is 12.5 Å². The maximum Gasteiger partial charge on any atom is 0.433 e. The van der Waals surface area contributed by atoms with Gasteiger partial charge in [-0.15, -0.1) is 0 Å². The van der Waals surface area contributed by atoms with Crippen LogP contribution in [0.4, 0.5) is 24.9 Å². The second kappa shape index (κ2) is 8.73. The third kappa shape index (κ3) is 5.95. The molecule has 0 aliphatic carbocycles. The monoisotopic (exact) mass is 389 g/mol. The van der Waals surface area contributed by atoms with Gasteiger partial charge in [0, 0.05) is 32.7 Å². The van der Waals surface area contributed by atoms with E-state index >= 15 is 0 Å². The molecular weight excluding hydrogens is 363 g/mol. The lowest BCUT2D eigenvalue weighted by molar-refractivity contribution is -0.141. The Kier molecular flexibility index (Phi) is 6.85. The zero-order valence-corrected chi connectivity index (χ0v) is 15.9. The van der Waals surface area contributed by atoms with Crippen molar-refractivity contribution < 1.29 is 22.7 Å². The van der Waals surface area contributed by atoms with Crippen molar-refractivity contribution in [1.29, 1.82) is 0 Å². The minimum Gasteiger partial charge on any atom is -0.376 e. The van der Waals surface area contributed by atoms with Crippen LogP contribution in [0.3, 0.4) is 0 Å². The number of alkyl halides is 3. The van der Waals surface area contributed by atoms with Crippen LogP contribution in [-0.4, -0.2) is 55.3 Å². The van der Waals surface area contributed by atoms with E-state index in [1.54, 1.807) is 14.1 Å². The number of halogens is 3. The Hall–Kier alpha value is -2.10. The molecular formula is C17H26F3N5O2. The molecule has 0 aromatic carbocycles. The van der Waals surface area contributed by atoms with Gasteiger partial charge < -0.3 is 20.3 Å². The molecule has 0 bridgehead atoms. The van der Waals surface area contributed by atoms with Gasteiger partial charge in [0.05, 0.1) is 18.6 Å². The van der Waals surface area contributed by atoms with Crippen molar-refractivity contribution in [3.63, 3.8) is 0 Å². The van der Waals surface area contributed by atoms with Gasteiger partial charge in [0.2, 0.25) is 11.9 Å². The Morgan fingerprint density at radius 3 is 2.70 bits per heavy atom. The van der Waals surface area contributed by atoms with Crippen LogP contribution in [0.1, 0.15) is 32.4 Å². The quantitative estimate of drug-likeness (QED) is 0.745. The summed E-state index contributed by atoms with van der Waals surface area (Å²) in [7, 11) is 3.21. The number of rotatable bonds is 7. The number of carbonyl (C=O) groups is 1. The molecule has 1 unspecified atom stereocenters. The first-order valence-corrected chi connectivity index (χ1v) is 8.89. The molecule has 27 heavy (non-hydrogen) atoms. The fourth-order valence-corrected chi connectivity index (χ4v) is 2.59. The van der Waals surface area contributed by atoms with E-state index in [4.69, 9.17) is 4.74 Å². The number of carbonyl (C=O) groups excluding carboxylic acids is 1. The maximum atomic E-state index is 13.0. The molecule has 2 rings (SSSR count). The van der Waals surface area contributed by atoms with Crippen molar-refractivity contribution in [2.24, 2.45) is 5.92 Å². The summed E-state index contributed by atoms with van der Waals surface area (Å²) in [5.74, 6) is -0.287. The number of nitrogens with one attached hydrogen (secondary N) is 2. The zero-order chi connectivity index (χ0) is 20.2. The van der Waals surface area contributed by atoms with E-state index in [-0.39, 0.29) is 42.3 Å². The van der Waals surface area contributed by atoms with Gasteiger partial charge >= 0.3 is 6.18 Å². The van der Waals surface area contributed by atoms with Gasteiger partial charge in [0.25, 0.3) is 0 Å². The van der Waals surface area contributed by atoms with Crippen molar-refractivity contribution in [1.82, 2.24) is 15.3 Å². The maximum absolute atomic E-state index is 13.0. The van der Waals surface area contributed by atoms with Crippen molar-refractivity contribution >= 4 is 17.7 Å². The van der Waals surface area contributed by atoms with Crippen molar-refractivity contribution in [2.75, 3.05) is 37.5 Å².